The van der Waals surface area contributed by atoms with Gasteiger partial charge in [-0.25, -0.2) is 0 Å². The highest BCUT2D eigenvalue weighted by Crippen LogP contribution is 2.16. The zero-order valence-corrected chi connectivity index (χ0v) is 16.2. The monoisotopic (exact) mass is 357 g/mol. The van der Waals surface area contributed by atoms with E-state index in [2.05, 4.69) is 6.92 Å². The Morgan fingerprint density at radius 3 is 2.04 bits per heavy atom. The Hall–Kier alpha value is -1.40. The van der Waals surface area contributed by atoms with Gasteiger partial charge in [-0.1, -0.05) is 45.4 Å². The molecule has 0 aromatic rings. The first kappa shape index (κ1) is 23.6. The molecule has 0 heterocycles. The largest absolute Gasteiger partial charge is 0.549 e. The predicted octanol–water partition coefficient (Wildman–Crippen LogP) is 1.57. The lowest BCUT2D eigenvalue weighted by molar-refractivity contribution is -0.873. The number of carbonyl (C=O) groups is 2. The number of rotatable bonds is 14. The number of hydrogen-bond donors (Lipinski definition) is 2. The summed E-state index contributed by atoms with van der Waals surface area (Å²) >= 11 is 0. The number of aliphatic carboxylic acids is 1. The second-order valence-corrected chi connectivity index (χ2v) is 7.74. The normalized spacial score (nSPS) is 15.0. The Morgan fingerprint density at radius 1 is 1.04 bits per heavy atom. The molecule has 2 atom stereocenters. The molecular weight excluding hydrogens is 322 g/mol. The number of hydrogen-bond acceptors (Lipinski definition) is 5. The summed E-state index contributed by atoms with van der Waals surface area (Å²) in [5.41, 5.74) is 0. The summed E-state index contributed by atoms with van der Waals surface area (Å²) in [6.07, 6.45) is 7.40. The van der Waals surface area contributed by atoms with Crippen LogP contribution in [-0.2, 0) is 9.59 Å². The maximum absolute atomic E-state index is 11.9. The predicted molar refractivity (Wildman–Crippen MR) is 95.7 cm³/mol. The Labute approximate surface area is 151 Å². The third-order valence-corrected chi connectivity index (χ3v) is 4.03. The van der Waals surface area contributed by atoms with Crippen molar-refractivity contribution in [3.05, 3.63) is 11.8 Å². The fourth-order valence-electron chi connectivity index (χ4n) is 2.72. The van der Waals surface area contributed by atoms with Gasteiger partial charge in [0.2, 0.25) is 0 Å². The summed E-state index contributed by atoms with van der Waals surface area (Å²) in [6, 6.07) is 0. The van der Waals surface area contributed by atoms with E-state index in [1.165, 1.54) is 19.3 Å². The first-order valence-corrected chi connectivity index (χ1v) is 9.21. The standard InChI is InChI=1S/C19H35NO5/c1-5-6-7-8-9-10-11-12-15(21)13-16(22)18(19(24)25)17(23)14-20(2,3)4/h13,17-18,23H,5-12,14H2,1-4H3,(H-,21,22,24,25). The number of likely N-dealkylation sites (N-methyl/N-ethyl adjacent to an activating group) is 1. The van der Waals surface area contributed by atoms with Crippen LogP contribution in [0.3, 0.4) is 0 Å². The lowest BCUT2D eigenvalue weighted by atomic mass is 9.97. The molecule has 2 N–H and O–H groups in total. The average molecular weight is 357 g/mol. The van der Waals surface area contributed by atoms with Gasteiger partial charge in [-0.05, 0) is 6.42 Å². The molecule has 0 aromatic carbocycles. The molecule has 0 rings (SSSR count). The van der Waals surface area contributed by atoms with Gasteiger partial charge in [0.15, 0.2) is 5.78 Å². The van der Waals surface area contributed by atoms with E-state index in [0.717, 1.165) is 25.3 Å². The van der Waals surface area contributed by atoms with Crippen molar-refractivity contribution in [3.8, 4) is 0 Å². The van der Waals surface area contributed by atoms with Crippen molar-refractivity contribution < 1.29 is 29.4 Å². The minimum Gasteiger partial charge on any atom is -0.549 e. The van der Waals surface area contributed by atoms with Gasteiger partial charge < -0.3 is 24.6 Å². The fourth-order valence-corrected chi connectivity index (χ4v) is 2.72. The molecule has 0 amide bonds. The highest BCUT2D eigenvalue weighted by molar-refractivity contribution is 5.90. The van der Waals surface area contributed by atoms with Crippen LogP contribution in [0.25, 0.3) is 0 Å². The first-order chi connectivity index (χ1) is 11.6. The van der Waals surface area contributed by atoms with Crippen LogP contribution in [0.4, 0.5) is 0 Å². The number of aliphatic hydroxyl groups is 2. The maximum Gasteiger partial charge on any atom is 0.159 e. The molecule has 0 saturated carbocycles. The van der Waals surface area contributed by atoms with Gasteiger partial charge in [0, 0.05) is 12.5 Å². The molecule has 0 saturated heterocycles. The number of carboxylic acid groups (broad SMARTS) is 1. The SMILES string of the molecule is CCCCCCCCCC(=O)/C=C(\O)C(C(=O)[O-])C(O)C[N+](C)(C)C. The van der Waals surface area contributed by atoms with Gasteiger partial charge in [-0.3, -0.25) is 4.79 Å². The maximum atomic E-state index is 11.9. The average Bonchev–Trinajstić information content (AvgIpc) is 2.43. The zero-order chi connectivity index (χ0) is 19.5. The molecule has 6 heteroatoms. The topological polar surface area (TPSA) is 97.7 Å². The highest BCUT2D eigenvalue weighted by atomic mass is 16.4. The molecule has 0 aliphatic heterocycles. The van der Waals surface area contributed by atoms with Crippen molar-refractivity contribution in [2.24, 2.45) is 5.92 Å². The minimum atomic E-state index is -1.59. The number of ketones is 1. The molecule has 146 valence electrons. The van der Waals surface area contributed by atoms with Gasteiger partial charge in [0.25, 0.3) is 0 Å². The van der Waals surface area contributed by atoms with Crippen molar-refractivity contribution in [1.82, 2.24) is 0 Å². The van der Waals surface area contributed by atoms with Crippen molar-refractivity contribution in [2.75, 3.05) is 27.7 Å². The van der Waals surface area contributed by atoms with Crippen LogP contribution in [-0.4, -0.2) is 60.2 Å². The number of allylic oxidation sites excluding steroid dienone is 1. The molecule has 0 aliphatic carbocycles. The van der Waals surface area contributed by atoms with E-state index < -0.39 is 23.8 Å². The van der Waals surface area contributed by atoms with Gasteiger partial charge in [-0.15, -0.1) is 0 Å². The van der Waals surface area contributed by atoms with Crippen LogP contribution in [0, 0.1) is 5.92 Å². The van der Waals surface area contributed by atoms with E-state index in [-0.39, 0.29) is 18.7 Å². The Bertz CT molecular complexity index is 440. The van der Waals surface area contributed by atoms with Gasteiger partial charge in [0.1, 0.15) is 18.4 Å². The lowest BCUT2D eigenvalue weighted by Gasteiger charge is -2.30. The van der Waals surface area contributed by atoms with Crippen LogP contribution >= 0.6 is 0 Å². The van der Waals surface area contributed by atoms with E-state index in [9.17, 15) is 24.9 Å². The number of aliphatic hydroxyl groups excluding tert-OH is 2. The molecule has 0 aliphatic rings. The number of quaternary nitrogens is 1. The summed E-state index contributed by atoms with van der Waals surface area (Å²) in [5, 5.41) is 31.3. The summed E-state index contributed by atoms with van der Waals surface area (Å²) in [6.45, 7) is 2.28. The fraction of sp³-hybridized carbons (Fsp3) is 0.789. The van der Waals surface area contributed by atoms with Crippen LogP contribution in [0.15, 0.2) is 11.8 Å². The molecule has 25 heavy (non-hydrogen) atoms. The van der Waals surface area contributed by atoms with Crippen LogP contribution in [0.2, 0.25) is 0 Å². The summed E-state index contributed by atoms with van der Waals surface area (Å²) < 4.78 is 0.324. The summed E-state index contributed by atoms with van der Waals surface area (Å²) in [7, 11) is 5.38. The van der Waals surface area contributed by atoms with Gasteiger partial charge in [-0.2, -0.15) is 0 Å². The van der Waals surface area contributed by atoms with E-state index in [0.29, 0.717) is 10.9 Å². The van der Waals surface area contributed by atoms with Crippen molar-refractivity contribution in [1.29, 1.82) is 0 Å². The van der Waals surface area contributed by atoms with Crippen LogP contribution in [0.5, 0.6) is 0 Å². The molecule has 0 bridgehead atoms. The second kappa shape index (κ2) is 12.0. The number of carboxylic acids is 1. The Morgan fingerprint density at radius 2 is 1.56 bits per heavy atom. The van der Waals surface area contributed by atoms with Crippen molar-refractivity contribution in [3.63, 3.8) is 0 Å². The molecule has 6 nitrogen and oxygen atoms in total. The Balaban J connectivity index is 4.47. The Kier molecular flexibility index (Phi) is 11.4. The van der Waals surface area contributed by atoms with Gasteiger partial charge >= 0.3 is 0 Å². The highest BCUT2D eigenvalue weighted by Gasteiger charge is 2.29. The molecule has 0 spiro atoms. The van der Waals surface area contributed by atoms with E-state index in [1.807, 2.05) is 0 Å². The number of unbranched alkanes of at least 4 members (excludes halogenated alkanes) is 6. The number of nitrogens with zero attached hydrogens (tertiary/aromatic N) is 1. The van der Waals surface area contributed by atoms with Crippen LogP contribution in [0.1, 0.15) is 58.3 Å². The zero-order valence-electron chi connectivity index (χ0n) is 16.2. The van der Waals surface area contributed by atoms with E-state index in [1.54, 1.807) is 21.1 Å². The van der Waals surface area contributed by atoms with E-state index in [4.69, 9.17) is 0 Å². The summed E-state index contributed by atoms with van der Waals surface area (Å²) in [4.78, 5) is 23.1. The van der Waals surface area contributed by atoms with Crippen LogP contribution < -0.4 is 5.11 Å². The molecule has 2 unspecified atom stereocenters. The quantitative estimate of drug-likeness (QED) is 0.213. The van der Waals surface area contributed by atoms with E-state index >= 15 is 0 Å². The third-order valence-electron chi connectivity index (χ3n) is 4.03. The van der Waals surface area contributed by atoms with Crippen molar-refractivity contribution in [2.45, 2.75) is 64.4 Å². The lowest BCUT2D eigenvalue weighted by Crippen LogP contribution is -2.49. The summed E-state index contributed by atoms with van der Waals surface area (Å²) in [5.74, 6) is -4.13. The molecule has 0 fully saturated rings. The third kappa shape index (κ3) is 11.7. The van der Waals surface area contributed by atoms with Crippen molar-refractivity contribution >= 4 is 11.8 Å². The smallest absolute Gasteiger partial charge is 0.159 e. The molecule has 0 radical (unpaired) electrons. The number of carbonyl (C=O) groups excluding carboxylic acids is 2. The second-order valence-electron chi connectivity index (χ2n) is 7.74. The first-order valence-electron chi connectivity index (χ1n) is 9.21. The molecular formula is C19H35NO5. The molecule has 0 aromatic heterocycles. The minimum absolute atomic E-state index is 0.114. The van der Waals surface area contributed by atoms with Gasteiger partial charge in [0.05, 0.1) is 33.0 Å².